The molecule has 0 amide bonds. The summed E-state index contributed by atoms with van der Waals surface area (Å²) in [6.07, 6.45) is 12.0. The maximum atomic E-state index is 6.21. The summed E-state index contributed by atoms with van der Waals surface area (Å²) in [6.45, 7) is 3.71. The first-order valence-corrected chi connectivity index (χ1v) is 8.88. The van der Waals surface area contributed by atoms with Crippen molar-refractivity contribution in [1.29, 1.82) is 0 Å². The van der Waals surface area contributed by atoms with Crippen LogP contribution in [0.2, 0.25) is 0 Å². The van der Waals surface area contributed by atoms with Gasteiger partial charge in [-0.1, -0.05) is 6.42 Å². The molecule has 3 fully saturated rings. The highest BCUT2D eigenvalue weighted by Crippen LogP contribution is 2.37. The Balaban J connectivity index is 1.28. The molecular formula is C17H27N3O2. The molecule has 3 aliphatic rings. The Bertz CT molecular complexity index is 460. The quantitative estimate of drug-likeness (QED) is 0.754. The van der Waals surface area contributed by atoms with Crippen LogP contribution in [0.3, 0.4) is 0 Å². The number of ether oxygens (including phenoxy) is 2. The maximum Gasteiger partial charge on any atom is 0.100 e. The Morgan fingerprint density at radius 3 is 2.95 bits per heavy atom. The van der Waals surface area contributed by atoms with E-state index in [2.05, 4.69) is 10.00 Å². The average molecular weight is 305 g/mol. The molecule has 2 aliphatic heterocycles. The normalized spacial score (nSPS) is 32.8. The highest BCUT2D eigenvalue weighted by atomic mass is 16.5. The van der Waals surface area contributed by atoms with Crippen LogP contribution in [0.5, 0.6) is 0 Å². The largest absolute Gasteiger partial charge is 0.374 e. The predicted molar refractivity (Wildman–Crippen MR) is 83.7 cm³/mol. The van der Waals surface area contributed by atoms with E-state index >= 15 is 0 Å². The van der Waals surface area contributed by atoms with Gasteiger partial charge in [-0.05, 0) is 38.2 Å². The lowest BCUT2D eigenvalue weighted by Gasteiger charge is -2.40. The molecule has 0 spiro atoms. The third-order valence-corrected chi connectivity index (χ3v) is 5.48. The fourth-order valence-electron chi connectivity index (χ4n) is 4.12. The second-order valence-corrected chi connectivity index (χ2v) is 6.86. The summed E-state index contributed by atoms with van der Waals surface area (Å²) < 4.78 is 14.3. The van der Waals surface area contributed by atoms with E-state index in [9.17, 15) is 0 Å². The summed E-state index contributed by atoms with van der Waals surface area (Å²) in [7, 11) is 0. The van der Waals surface area contributed by atoms with Gasteiger partial charge in [-0.3, -0.25) is 9.58 Å². The van der Waals surface area contributed by atoms with Gasteiger partial charge in [0.15, 0.2) is 0 Å². The van der Waals surface area contributed by atoms with Gasteiger partial charge >= 0.3 is 0 Å². The second kappa shape index (κ2) is 6.69. The van der Waals surface area contributed by atoms with Crippen molar-refractivity contribution in [1.82, 2.24) is 14.7 Å². The maximum absolute atomic E-state index is 6.21. The molecule has 2 saturated heterocycles. The molecule has 0 aromatic carbocycles. The fraction of sp³-hybridized carbons (Fsp3) is 0.824. The van der Waals surface area contributed by atoms with Gasteiger partial charge in [0.1, 0.15) is 6.10 Å². The molecule has 0 unspecified atom stereocenters. The lowest BCUT2D eigenvalue weighted by molar-refractivity contribution is -0.0800. The van der Waals surface area contributed by atoms with Gasteiger partial charge in [0.05, 0.1) is 6.10 Å². The van der Waals surface area contributed by atoms with Crippen LogP contribution in [-0.2, 0) is 16.0 Å². The average Bonchev–Trinajstić information content (AvgIpc) is 3.11. The number of fused-ring (bicyclic) bond motifs is 1. The molecule has 0 N–H and O–H groups in total. The van der Waals surface area contributed by atoms with E-state index in [1.165, 1.54) is 32.1 Å². The predicted octanol–water partition coefficient (Wildman–Crippen LogP) is 2.07. The zero-order chi connectivity index (χ0) is 14.8. The van der Waals surface area contributed by atoms with Crippen LogP contribution < -0.4 is 0 Å². The Kier molecular flexibility index (Phi) is 4.46. The van der Waals surface area contributed by atoms with Crippen molar-refractivity contribution in [3.63, 3.8) is 0 Å². The van der Waals surface area contributed by atoms with Gasteiger partial charge in [-0.2, -0.15) is 5.10 Å². The number of nitrogens with zero attached hydrogens (tertiary/aromatic N) is 3. The highest BCUT2D eigenvalue weighted by Gasteiger charge is 2.47. The van der Waals surface area contributed by atoms with Crippen molar-refractivity contribution in [3.05, 3.63) is 18.5 Å². The zero-order valence-corrected chi connectivity index (χ0v) is 13.3. The Hall–Kier alpha value is -0.910. The molecule has 22 heavy (non-hydrogen) atoms. The summed E-state index contributed by atoms with van der Waals surface area (Å²) in [6, 6.07) is 3.37. The van der Waals surface area contributed by atoms with Crippen LogP contribution >= 0.6 is 0 Å². The van der Waals surface area contributed by atoms with E-state index in [1.807, 2.05) is 23.1 Å². The SMILES string of the molecule is c1cnn(CCCO[C@H]2CN(C3CCC3)[C@@H]3CCCO[C@H]23)c1. The Morgan fingerprint density at radius 2 is 2.18 bits per heavy atom. The number of likely N-dealkylation sites (tertiary alicyclic amines) is 1. The summed E-state index contributed by atoms with van der Waals surface area (Å²) in [5.41, 5.74) is 0. The Morgan fingerprint density at radius 1 is 1.23 bits per heavy atom. The van der Waals surface area contributed by atoms with Gasteiger partial charge in [0, 0.05) is 50.8 Å². The van der Waals surface area contributed by atoms with E-state index in [-0.39, 0.29) is 6.10 Å². The number of aryl methyl sites for hydroxylation is 1. The summed E-state index contributed by atoms with van der Waals surface area (Å²) in [4.78, 5) is 2.70. The molecule has 1 aromatic rings. The lowest BCUT2D eigenvalue weighted by atomic mass is 9.90. The minimum Gasteiger partial charge on any atom is -0.374 e. The molecule has 3 heterocycles. The molecule has 1 aliphatic carbocycles. The van der Waals surface area contributed by atoms with Crippen LogP contribution in [0.25, 0.3) is 0 Å². The number of hydrogen-bond acceptors (Lipinski definition) is 4. The van der Waals surface area contributed by atoms with Crippen molar-refractivity contribution in [2.24, 2.45) is 0 Å². The van der Waals surface area contributed by atoms with E-state index in [4.69, 9.17) is 9.47 Å². The molecule has 0 radical (unpaired) electrons. The van der Waals surface area contributed by atoms with Crippen molar-refractivity contribution in [3.8, 4) is 0 Å². The monoisotopic (exact) mass is 305 g/mol. The third-order valence-electron chi connectivity index (χ3n) is 5.48. The van der Waals surface area contributed by atoms with Crippen LogP contribution in [0.1, 0.15) is 38.5 Å². The summed E-state index contributed by atoms with van der Waals surface area (Å²) >= 11 is 0. The van der Waals surface area contributed by atoms with Gasteiger partial charge in [0.25, 0.3) is 0 Å². The number of hydrogen-bond donors (Lipinski definition) is 0. The molecule has 5 heteroatoms. The van der Waals surface area contributed by atoms with Crippen LogP contribution in [0.15, 0.2) is 18.5 Å². The molecule has 3 atom stereocenters. The van der Waals surface area contributed by atoms with Gasteiger partial charge in [-0.15, -0.1) is 0 Å². The first-order chi connectivity index (χ1) is 10.9. The molecule has 0 bridgehead atoms. The molecule has 122 valence electrons. The third kappa shape index (κ3) is 2.94. The smallest absolute Gasteiger partial charge is 0.100 e. The van der Waals surface area contributed by atoms with Gasteiger partial charge in [0.2, 0.25) is 0 Å². The minimum absolute atomic E-state index is 0.267. The van der Waals surface area contributed by atoms with Gasteiger partial charge < -0.3 is 9.47 Å². The highest BCUT2D eigenvalue weighted by molar-refractivity contribution is 5.01. The summed E-state index contributed by atoms with van der Waals surface area (Å²) in [5.74, 6) is 0. The minimum atomic E-state index is 0.267. The zero-order valence-electron chi connectivity index (χ0n) is 13.3. The first kappa shape index (κ1) is 14.7. The van der Waals surface area contributed by atoms with E-state index in [0.29, 0.717) is 12.1 Å². The van der Waals surface area contributed by atoms with Crippen LogP contribution in [0, 0.1) is 0 Å². The Labute approximate surface area is 132 Å². The topological polar surface area (TPSA) is 39.5 Å². The van der Waals surface area contributed by atoms with Crippen molar-refractivity contribution in [2.75, 3.05) is 19.8 Å². The molecule has 1 saturated carbocycles. The second-order valence-electron chi connectivity index (χ2n) is 6.86. The number of rotatable bonds is 6. The molecular weight excluding hydrogens is 278 g/mol. The van der Waals surface area contributed by atoms with E-state index < -0.39 is 0 Å². The fourth-order valence-corrected chi connectivity index (χ4v) is 4.12. The van der Waals surface area contributed by atoms with Gasteiger partial charge in [-0.25, -0.2) is 0 Å². The molecule has 5 nitrogen and oxygen atoms in total. The van der Waals surface area contributed by atoms with Crippen LogP contribution in [-0.4, -0.2) is 58.7 Å². The standard InChI is InChI=1S/C17H27N3O2/c1-5-14(6-1)20-13-16(17-15(20)7-2-11-22-17)21-12-4-10-19-9-3-8-18-19/h3,8-9,14-17H,1-2,4-7,10-13H2/t15-,16+,17+/m1/s1. The summed E-state index contributed by atoms with van der Waals surface area (Å²) in [5, 5.41) is 4.23. The van der Waals surface area contributed by atoms with Crippen molar-refractivity contribution in [2.45, 2.75) is 69.4 Å². The van der Waals surface area contributed by atoms with E-state index in [0.717, 1.165) is 38.8 Å². The number of aromatic nitrogens is 2. The lowest BCUT2D eigenvalue weighted by Crippen LogP contribution is -2.47. The van der Waals surface area contributed by atoms with Crippen LogP contribution in [0.4, 0.5) is 0 Å². The van der Waals surface area contributed by atoms with E-state index in [1.54, 1.807) is 0 Å². The van der Waals surface area contributed by atoms with Crippen molar-refractivity contribution >= 4 is 0 Å². The first-order valence-electron chi connectivity index (χ1n) is 8.88. The molecule has 4 rings (SSSR count). The molecule has 1 aromatic heterocycles. The van der Waals surface area contributed by atoms with Crippen molar-refractivity contribution < 1.29 is 9.47 Å².